The van der Waals surface area contributed by atoms with Crippen LogP contribution in [0.5, 0.6) is 23.0 Å². The first kappa shape index (κ1) is 51.9. The van der Waals surface area contributed by atoms with Crippen LogP contribution >= 0.6 is 0 Å². The quantitative estimate of drug-likeness (QED) is 0.0602. The molecule has 0 spiro atoms. The number of carbonyl (C=O) groups excluding carboxylic acids is 2. The molecule has 0 radical (unpaired) electrons. The first-order valence-electron chi connectivity index (χ1n) is 23.8. The lowest BCUT2D eigenvalue weighted by Gasteiger charge is -2.28. The zero-order valence-corrected chi connectivity index (χ0v) is 41.9. The highest BCUT2D eigenvalue weighted by Crippen LogP contribution is 2.44. The van der Waals surface area contributed by atoms with E-state index in [1.54, 1.807) is 0 Å². The number of nitrogens with one attached hydrogen (secondary N) is 2. The number of phenolic OH excluding ortho intramolecular Hbond substituents is 2. The molecule has 0 atom stereocenters. The van der Waals surface area contributed by atoms with Gasteiger partial charge in [0, 0.05) is 51.6 Å². The zero-order valence-electron chi connectivity index (χ0n) is 41.9. The largest absolute Gasteiger partial charge is 0.507 e. The van der Waals surface area contributed by atoms with Gasteiger partial charge >= 0.3 is 0 Å². The van der Waals surface area contributed by atoms with E-state index in [1.165, 1.54) is 0 Å². The van der Waals surface area contributed by atoms with E-state index >= 15 is 0 Å². The molecule has 0 heterocycles. The SMILES string of the molecule is CC(C)(C)c1cc2c(O)c(c1)Cc1cc(C(C)(C)C)cc(c1OCCCC(=O)NCCO)Cc1cc(C(C)(C)C)cc(c1O)Cc1cc(C(C)(C)C)cc(c1OCCCC(=O)NCCO)C2. The molecule has 0 fully saturated rings. The molecule has 4 aromatic carbocycles. The summed E-state index contributed by atoms with van der Waals surface area (Å²) in [7, 11) is 0. The lowest BCUT2D eigenvalue weighted by Crippen LogP contribution is -2.26. The third-order valence-electron chi connectivity index (χ3n) is 12.5. The van der Waals surface area contributed by atoms with Gasteiger partial charge in [-0.05, 0) is 101 Å². The molecule has 66 heavy (non-hydrogen) atoms. The highest BCUT2D eigenvalue weighted by atomic mass is 16.5. The number of amides is 2. The molecule has 0 aliphatic heterocycles. The standard InChI is InChI=1S/C56H78N2O8/c1-53(2,3)43-27-35-23-39-31-45(55(7,8)9)33-41(51(39)65-21-13-15-47(61)57-17-19-59)25-37-29-44(54(4,5)6)30-38(50(37)64)26-42-34-46(56(10,11)12)32-40(24-36(28-43)49(35)63)52(42)66-22-14-16-48(62)58-18-20-60/h27-34,59-60,63-64H,13-26H2,1-12H3,(H,57,61)(H,58,62). The summed E-state index contributed by atoms with van der Waals surface area (Å²) in [4.78, 5) is 25.1. The summed E-state index contributed by atoms with van der Waals surface area (Å²) in [6.45, 7) is 26.9. The molecule has 1 aliphatic rings. The van der Waals surface area contributed by atoms with E-state index in [9.17, 15) is 30.0 Å². The number of hydrogen-bond acceptors (Lipinski definition) is 8. The molecule has 6 N–H and O–H groups in total. The Morgan fingerprint density at radius 3 is 0.924 bits per heavy atom. The first-order chi connectivity index (χ1) is 30.8. The number of carbonyl (C=O) groups is 2. The minimum atomic E-state index is -0.258. The monoisotopic (exact) mass is 907 g/mol. The number of rotatable bonds is 14. The molecule has 0 unspecified atom stereocenters. The molecule has 0 aromatic heterocycles. The maximum atomic E-state index is 12.6. The number of phenols is 2. The Labute approximate surface area is 394 Å². The molecule has 8 bridgehead atoms. The van der Waals surface area contributed by atoms with Crippen LogP contribution in [-0.4, -0.2) is 71.8 Å². The van der Waals surface area contributed by atoms with Gasteiger partial charge in [0.2, 0.25) is 11.8 Å². The van der Waals surface area contributed by atoms with Crippen LogP contribution in [0.2, 0.25) is 0 Å². The van der Waals surface area contributed by atoms with E-state index in [2.05, 4.69) is 142 Å². The van der Waals surface area contributed by atoms with Crippen molar-refractivity contribution in [3.05, 3.63) is 115 Å². The molecule has 0 saturated carbocycles. The Kier molecular flexibility index (Phi) is 16.7. The average Bonchev–Trinajstić information content (AvgIpc) is 3.21. The number of benzene rings is 4. The number of aliphatic hydroxyl groups excluding tert-OH is 2. The fraction of sp³-hybridized carbons (Fsp3) is 0.536. The van der Waals surface area contributed by atoms with E-state index in [4.69, 9.17) is 9.47 Å². The summed E-state index contributed by atoms with van der Waals surface area (Å²) in [5.41, 5.74) is 9.99. The minimum Gasteiger partial charge on any atom is -0.507 e. The molecule has 1 aliphatic carbocycles. The minimum absolute atomic E-state index is 0.127. The molecule has 10 nitrogen and oxygen atoms in total. The highest BCUT2D eigenvalue weighted by molar-refractivity contribution is 5.76. The number of aliphatic hydroxyl groups is 2. The second-order valence-corrected chi connectivity index (χ2v) is 22.3. The van der Waals surface area contributed by atoms with Gasteiger partial charge in [0.05, 0.1) is 26.4 Å². The van der Waals surface area contributed by atoms with Crippen molar-refractivity contribution >= 4 is 11.8 Å². The van der Waals surface area contributed by atoms with E-state index in [1.807, 2.05) is 0 Å². The summed E-state index contributed by atoms with van der Waals surface area (Å²) in [5, 5.41) is 49.0. The molecule has 2 amide bonds. The lowest BCUT2D eigenvalue weighted by molar-refractivity contribution is -0.122. The van der Waals surface area contributed by atoms with Crippen LogP contribution in [0.4, 0.5) is 0 Å². The van der Waals surface area contributed by atoms with Crippen molar-refractivity contribution in [2.75, 3.05) is 39.5 Å². The van der Waals surface area contributed by atoms with Crippen molar-refractivity contribution in [3.8, 4) is 23.0 Å². The van der Waals surface area contributed by atoms with Crippen molar-refractivity contribution in [1.29, 1.82) is 0 Å². The van der Waals surface area contributed by atoms with E-state index < -0.39 is 0 Å². The van der Waals surface area contributed by atoms with Crippen LogP contribution in [0.3, 0.4) is 0 Å². The smallest absolute Gasteiger partial charge is 0.220 e. The maximum Gasteiger partial charge on any atom is 0.220 e. The Morgan fingerprint density at radius 1 is 0.455 bits per heavy atom. The summed E-state index contributed by atoms with van der Waals surface area (Å²) in [5.74, 6) is 1.46. The van der Waals surface area contributed by atoms with Crippen molar-refractivity contribution in [3.63, 3.8) is 0 Å². The zero-order chi connectivity index (χ0) is 48.8. The predicted molar refractivity (Wildman–Crippen MR) is 265 cm³/mol. The van der Waals surface area contributed by atoms with Gasteiger partial charge in [0.1, 0.15) is 23.0 Å². The average molecular weight is 907 g/mol. The van der Waals surface area contributed by atoms with Gasteiger partial charge in [-0.2, -0.15) is 0 Å². The topological polar surface area (TPSA) is 158 Å². The summed E-state index contributed by atoms with van der Waals surface area (Å²) in [6.07, 6.45) is 2.83. The summed E-state index contributed by atoms with van der Waals surface area (Å²) in [6, 6.07) is 17.2. The fourth-order valence-corrected chi connectivity index (χ4v) is 8.40. The van der Waals surface area contributed by atoms with Crippen LogP contribution in [0.1, 0.15) is 176 Å². The number of fused-ring (bicyclic) bond motifs is 8. The summed E-state index contributed by atoms with van der Waals surface area (Å²) < 4.78 is 13.6. The molecule has 0 saturated heterocycles. The van der Waals surface area contributed by atoms with Crippen LogP contribution in [0.25, 0.3) is 0 Å². The molecular weight excluding hydrogens is 829 g/mol. The van der Waals surface area contributed by atoms with E-state index in [0.717, 1.165) is 66.8 Å². The molecular formula is C56H78N2O8. The summed E-state index contributed by atoms with van der Waals surface area (Å²) >= 11 is 0. The first-order valence-corrected chi connectivity index (χ1v) is 23.8. The Balaban J connectivity index is 1.82. The van der Waals surface area contributed by atoms with Crippen LogP contribution in [0, 0.1) is 0 Å². The van der Waals surface area contributed by atoms with Gasteiger partial charge < -0.3 is 40.5 Å². The van der Waals surface area contributed by atoms with Gasteiger partial charge in [-0.1, -0.05) is 132 Å². The maximum absolute atomic E-state index is 12.6. The van der Waals surface area contributed by atoms with Crippen LogP contribution < -0.4 is 20.1 Å². The van der Waals surface area contributed by atoms with Crippen molar-refractivity contribution in [1.82, 2.24) is 10.6 Å². The van der Waals surface area contributed by atoms with E-state index in [0.29, 0.717) is 50.0 Å². The lowest BCUT2D eigenvalue weighted by atomic mass is 9.79. The third-order valence-corrected chi connectivity index (χ3v) is 12.5. The molecule has 4 aromatic rings. The van der Waals surface area contributed by atoms with Gasteiger partial charge in [-0.25, -0.2) is 0 Å². The molecule has 360 valence electrons. The number of hydrogen-bond donors (Lipinski definition) is 6. The van der Waals surface area contributed by atoms with Gasteiger partial charge in [-0.3, -0.25) is 9.59 Å². The third kappa shape index (κ3) is 13.5. The van der Waals surface area contributed by atoms with Crippen molar-refractivity contribution < 1.29 is 39.5 Å². The van der Waals surface area contributed by atoms with Crippen molar-refractivity contribution in [2.24, 2.45) is 0 Å². The Hall–Kier alpha value is -5.06. The van der Waals surface area contributed by atoms with Crippen molar-refractivity contribution in [2.45, 2.75) is 156 Å². The van der Waals surface area contributed by atoms with E-state index in [-0.39, 0.29) is 97.3 Å². The Morgan fingerprint density at radius 2 is 0.697 bits per heavy atom. The molecule has 10 heteroatoms. The van der Waals surface area contributed by atoms with Gasteiger partial charge in [-0.15, -0.1) is 0 Å². The number of ether oxygens (including phenoxy) is 2. The van der Waals surface area contributed by atoms with Gasteiger partial charge in [0.25, 0.3) is 0 Å². The molecule has 5 rings (SSSR count). The second-order valence-electron chi connectivity index (χ2n) is 22.3. The van der Waals surface area contributed by atoms with Crippen LogP contribution in [-0.2, 0) is 56.9 Å². The van der Waals surface area contributed by atoms with Gasteiger partial charge in [0.15, 0.2) is 0 Å². The normalized spacial score (nSPS) is 13.3. The number of aromatic hydroxyl groups is 2. The highest BCUT2D eigenvalue weighted by Gasteiger charge is 2.29. The van der Waals surface area contributed by atoms with Crippen LogP contribution in [0.15, 0.2) is 48.5 Å². The predicted octanol–water partition coefficient (Wildman–Crippen LogP) is 9.50. The fourth-order valence-electron chi connectivity index (χ4n) is 8.40. The second kappa shape index (κ2) is 21.3. The Bertz CT molecular complexity index is 2090.